The Bertz CT molecular complexity index is 1150. The Balaban J connectivity index is 1.56. The van der Waals surface area contributed by atoms with Crippen molar-refractivity contribution in [2.24, 2.45) is 5.10 Å². The number of hydrogen-bond donors (Lipinski definition) is 2. The highest BCUT2D eigenvalue weighted by atomic mass is 35.5. The summed E-state index contributed by atoms with van der Waals surface area (Å²) in [6.45, 7) is 1.75. The summed E-state index contributed by atoms with van der Waals surface area (Å²) < 4.78 is 11.1. The van der Waals surface area contributed by atoms with Crippen LogP contribution >= 0.6 is 23.4 Å². The van der Waals surface area contributed by atoms with E-state index in [-0.39, 0.29) is 24.2 Å². The van der Waals surface area contributed by atoms with Crippen molar-refractivity contribution in [1.29, 1.82) is 0 Å². The van der Waals surface area contributed by atoms with Crippen LogP contribution in [0.25, 0.3) is 0 Å². The minimum Gasteiger partial charge on any atom is -0.493 e. The predicted octanol–water partition coefficient (Wildman–Crippen LogP) is 4.92. The molecule has 0 radical (unpaired) electrons. The first-order chi connectivity index (χ1) is 16.4. The number of para-hydroxylation sites is 1. The summed E-state index contributed by atoms with van der Waals surface area (Å²) in [5, 5.41) is 7.43. The summed E-state index contributed by atoms with van der Waals surface area (Å²) in [6, 6.07) is 19.9. The normalized spacial score (nSPS) is 10.7. The highest BCUT2D eigenvalue weighted by Crippen LogP contribution is 2.30. The van der Waals surface area contributed by atoms with Crippen LogP contribution in [-0.4, -0.2) is 37.5 Å². The smallest absolute Gasteiger partial charge is 0.262 e. The molecule has 0 aliphatic carbocycles. The van der Waals surface area contributed by atoms with Gasteiger partial charge in [-0.2, -0.15) is 5.10 Å². The Hall–Kier alpha value is -3.49. The lowest BCUT2D eigenvalue weighted by molar-refractivity contribution is -0.119. The summed E-state index contributed by atoms with van der Waals surface area (Å²) in [5.74, 6) is 0.401. The highest BCUT2D eigenvalue weighted by Gasteiger charge is 2.12. The van der Waals surface area contributed by atoms with Crippen molar-refractivity contribution in [2.75, 3.05) is 24.8 Å². The maximum atomic E-state index is 12.3. The van der Waals surface area contributed by atoms with Crippen LogP contribution in [0.5, 0.6) is 11.5 Å². The molecule has 0 heterocycles. The Kier molecular flexibility index (Phi) is 9.37. The third-order valence-corrected chi connectivity index (χ3v) is 5.75. The Morgan fingerprint density at radius 1 is 1.03 bits per heavy atom. The molecule has 0 saturated heterocycles. The lowest BCUT2D eigenvalue weighted by Gasteiger charge is -2.13. The molecule has 3 aromatic rings. The monoisotopic (exact) mass is 497 g/mol. The standard InChI is InChI=1S/C25H24ClN3O4S/c1-17-6-10-20(11-7-17)28-23(30)15-33-25-18(4-3-5-22(25)32-2)14-27-29-24(31)16-34-21-12-8-19(26)9-13-21/h3-14H,15-16H2,1-2H3,(H,28,30)(H,29,31)/b27-14-. The number of carbonyl (C=O) groups is 2. The van der Waals surface area contributed by atoms with Gasteiger partial charge < -0.3 is 14.8 Å². The fraction of sp³-hybridized carbons (Fsp3) is 0.160. The van der Waals surface area contributed by atoms with Gasteiger partial charge in [0.15, 0.2) is 18.1 Å². The number of rotatable bonds is 10. The predicted molar refractivity (Wildman–Crippen MR) is 136 cm³/mol. The third kappa shape index (κ3) is 7.83. The number of amides is 2. The number of hydrazone groups is 1. The molecule has 0 aliphatic heterocycles. The van der Waals surface area contributed by atoms with E-state index in [2.05, 4.69) is 15.8 Å². The lowest BCUT2D eigenvalue weighted by atomic mass is 10.2. The number of methoxy groups -OCH3 is 1. The minimum atomic E-state index is -0.315. The Labute approximate surface area is 207 Å². The van der Waals surface area contributed by atoms with E-state index < -0.39 is 0 Å². The second kappa shape index (κ2) is 12.7. The average Bonchev–Trinajstić information content (AvgIpc) is 2.84. The number of thioether (sulfide) groups is 1. The molecule has 0 unspecified atom stereocenters. The van der Waals surface area contributed by atoms with Gasteiger partial charge in [0, 0.05) is 21.2 Å². The van der Waals surface area contributed by atoms with Gasteiger partial charge >= 0.3 is 0 Å². The van der Waals surface area contributed by atoms with Gasteiger partial charge in [-0.25, -0.2) is 5.43 Å². The molecule has 0 saturated carbocycles. The number of aryl methyl sites for hydroxylation is 1. The molecule has 0 spiro atoms. The van der Waals surface area contributed by atoms with Gasteiger partial charge in [0.2, 0.25) is 5.91 Å². The van der Waals surface area contributed by atoms with Crippen molar-refractivity contribution in [2.45, 2.75) is 11.8 Å². The highest BCUT2D eigenvalue weighted by molar-refractivity contribution is 8.00. The zero-order chi connectivity index (χ0) is 24.3. The van der Waals surface area contributed by atoms with E-state index in [0.717, 1.165) is 10.5 Å². The first-order valence-corrected chi connectivity index (χ1v) is 11.7. The number of nitrogens with zero attached hydrogens (tertiary/aromatic N) is 1. The largest absolute Gasteiger partial charge is 0.493 e. The summed E-state index contributed by atoms with van der Waals surface area (Å²) in [6.07, 6.45) is 1.45. The molecule has 0 aromatic heterocycles. The van der Waals surface area contributed by atoms with Gasteiger partial charge in [0.1, 0.15) is 0 Å². The van der Waals surface area contributed by atoms with Crippen LogP contribution in [0, 0.1) is 6.92 Å². The van der Waals surface area contributed by atoms with Crippen molar-refractivity contribution < 1.29 is 19.1 Å². The van der Waals surface area contributed by atoms with Crippen LogP contribution < -0.4 is 20.2 Å². The van der Waals surface area contributed by atoms with Crippen LogP contribution in [0.3, 0.4) is 0 Å². The molecule has 9 heteroatoms. The van der Waals surface area contributed by atoms with Crippen molar-refractivity contribution in [3.8, 4) is 11.5 Å². The molecule has 0 fully saturated rings. The van der Waals surface area contributed by atoms with E-state index >= 15 is 0 Å². The molecule has 0 atom stereocenters. The van der Waals surface area contributed by atoms with Crippen LogP contribution in [0.4, 0.5) is 5.69 Å². The zero-order valence-electron chi connectivity index (χ0n) is 18.7. The molecule has 3 rings (SSSR count). The molecule has 2 amide bonds. The van der Waals surface area contributed by atoms with Gasteiger partial charge in [-0.05, 0) is 55.5 Å². The van der Waals surface area contributed by atoms with Crippen LogP contribution in [-0.2, 0) is 9.59 Å². The maximum Gasteiger partial charge on any atom is 0.262 e. The number of nitrogens with one attached hydrogen (secondary N) is 2. The van der Waals surface area contributed by atoms with E-state index in [0.29, 0.717) is 27.8 Å². The van der Waals surface area contributed by atoms with E-state index in [1.165, 1.54) is 25.1 Å². The number of halogens is 1. The maximum absolute atomic E-state index is 12.3. The number of hydrogen-bond acceptors (Lipinski definition) is 6. The summed E-state index contributed by atoms with van der Waals surface area (Å²) in [5.41, 5.74) is 4.82. The first-order valence-electron chi connectivity index (χ1n) is 10.3. The Morgan fingerprint density at radius 3 is 2.47 bits per heavy atom. The summed E-state index contributed by atoms with van der Waals surface area (Å²) >= 11 is 7.24. The van der Waals surface area contributed by atoms with Gasteiger partial charge in [-0.3, -0.25) is 9.59 Å². The van der Waals surface area contributed by atoms with E-state index in [1.807, 2.05) is 43.3 Å². The van der Waals surface area contributed by atoms with Crippen LogP contribution in [0.2, 0.25) is 5.02 Å². The minimum absolute atomic E-state index is 0.194. The molecular weight excluding hydrogens is 474 g/mol. The van der Waals surface area contributed by atoms with Crippen molar-refractivity contribution in [3.63, 3.8) is 0 Å². The summed E-state index contributed by atoms with van der Waals surface area (Å²) in [4.78, 5) is 25.4. The van der Waals surface area contributed by atoms with Crippen molar-refractivity contribution >= 4 is 47.1 Å². The number of ether oxygens (including phenoxy) is 2. The SMILES string of the molecule is COc1cccc(/C=N\NC(=O)CSc2ccc(Cl)cc2)c1OCC(=O)Nc1ccc(C)cc1. The first kappa shape index (κ1) is 25.1. The molecular formula is C25H24ClN3O4S. The number of benzene rings is 3. The average molecular weight is 498 g/mol. The number of carbonyl (C=O) groups excluding carboxylic acids is 2. The molecule has 0 bridgehead atoms. The topological polar surface area (TPSA) is 89.0 Å². The van der Waals surface area contributed by atoms with Gasteiger partial charge in [-0.1, -0.05) is 35.4 Å². The zero-order valence-corrected chi connectivity index (χ0v) is 20.3. The quantitative estimate of drug-likeness (QED) is 0.236. The third-order valence-electron chi connectivity index (χ3n) is 4.49. The van der Waals surface area contributed by atoms with Gasteiger partial charge in [-0.15, -0.1) is 11.8 Å². The second-order valence-electron chi connectivity index (χ2n) is 7.12. The fourth-order valence-corrected chi connectivity index (χ4v) is 3.62. The molecule has 7 nitrogen and oxygen atoms in total. The molecule has 34 heavy (non-hydrogen) atoms. The molecule has 0 aliphatic rings. The van der Waals surface area contributed by atoms with Gasteiger partial charge in [0.05, 0.1) is 19.1 Å². The van der Waals surface area contributed by atoms with E-state index in [1.54, 1.807) is 30.3 Å². The fourth-order valence-electron chi connectivity index (χ4n) is 2.81. The van der Waals surface area contributed by atoms with Crippen LogP contribution in [0.1, 0.15) is 11.1 Å². The van der Waals surface area contributed by atoms with E-state index in [4.69, 9.17) is 21.1 Å². The van der Waals surface area contributed by atoms with Crippen molar-refractivity contribution in [3.05, 3.63) is 82.9 Å². The van der Waals surface area contributed by atoms with Gasteiger partial charge in [0.25, 0.3) is 5.91 Å². The van der Waals surface area contributed by atoms with E-state index in [9.17, 15) is 9.59 Å². The number of anilines is 1. The Morgan fingerprint density at radius 2 is 1.76 bits per heavy atom. The lowest BCUT2D eigenvalue weighted by Crippen LogP contribution is -2.21. The molecule has 3 aromatic carbocycles. The van der Waals surface area contributed by atoms with Crippen LogP contribution in [0.15, 0.2) is 76.7 Å². The second-order valence-corrected chi connectivity index (χ2v) is 8.60. The molecule has 176 valence electrons. The summed E-state index contributed by atoms with van der Waals surface area (Å²) in [7, 11) is 1.51. The van der Waals surface area contributed by atoms with Crippen molar-refractivity contribution in [1.82, 2.24) is 5.43 Å². The molecule has 2 N–H and O–H groups in total.